The molecular weight excluding hydrogens is 392 g/mol. The predicted octanol–water partition coefficient (Wildman–Crippen LogP) is 1.57. The smallest absolute Gasteiger partial charge is 0.351 e. The van der Waals surface area contributed by atoms with Gasteiger partial charge >= 0.3 is 17.9 Å². The molecule has 0 aromatic heterocycles. The Kier molecular flexibility index (Phi) is 5.73. The molecule has 3 aliphatic rings. The molecule has 8 heteroatoms. The molecule has 1 saturated heterocycles. The number of ketones is 1. The van der Waals surface area contributed by atoms with Crippen molar-refractivity contribution in [1.29, 1.82) is 0 Å². The Morgan fingerprint density at radius 3 is 2.57 bits per heavy atom. The fourth-order valence-electron chi connectivity index (χ4n) is 4.68. The summed E-state index contributed by atoms with van der Waals surface area (Å²) in [4.78, 5) is 49.8. The Morgan fingerprint density at radius 1 is 1.33 bits per heavy atom. The third kappa shape index (κ3) is 3.39. The maximum absolute atomic E-state index is 12.8. The highest BCUT2D eigenvalue weighted by atomic mass is 16.6. The van der Waals surface area contributed by atoms with Crippen LogP contribution in [0.25, 0.3) is 0 Å². The number of carbonyl (C=O) groups excluding carboxylic acids is 4. The number of esters is 3. The predicted molar refractivity (Wildman–Crippen MR) is 104 cm³/mol. The van der Waals surface area contributed by atoms with Gasteiger partial charge in [-0.1, -0.05) is 11.6 Å². The SMILES string of the molecule is C/C=C(/C)C(=O)O[C@@H]1CC(C)=C2C(=O)C=C(CO)[C@@H]2[C@H]2OC(=O)[C@](C)(OC(C)=O)[C@H]21. The van der Waals surface area contributed by atoms with Crippen LogP contribution in [0.1, 0.15) is 41.0 Å². The van der Waals surface area contributed by atoms with Crippen LogP contribution in [-0.4, -0.2) is 53.2 Å². The molecule has 2 aliphatic carbocycles. The average molecular weight is 418 g/mol. The van der Waals surface area contributed by atoms with E-state index < -0.39 is 47.6 Å². The number of rotatable bonds is 4. The number of ether oxygens (including phenoxy) is 3. The van der Waals surface area contributed by atoms with Crippen molar-refractivity contribution < 1.29 is 38.5 Å². The summed E-state index contributed by atoms with van der Waals surface area (Å²) < 4.78 is 16.8. The van der Waals surface area contributed by atoms with E-state index in [4.69, 9.17) is 14.2 Å². The van der Waals surface area contributed by atoms with Crippen molar-refractivity contribution in [2.45, 2.75) is 58.8 Å². The summed E-state index contributed by atoms with van der Waals surface area (Å²) >= 11 is 0. The van der Waals surface area contributed by atoms with Gasteiger partial charge in [-0.05, 0) is 39.3 Å². The molecule has 0 spiro atoms. The zero-order valence-corrected chi connectivity index (χ0v) is 17.7. The Balaban J connectivity index is 2.14. The monoisotopic (exact) mass is 418 g/mol. The van der Waals surface area contributed by atoms with Gasteiger partial charge in [-0.25, -0.2) is 9.59 Å². The molecule has 1 N–H and O–H groups in total. The first-order valence-electron chi connectivity index (χ1n) is 9.85. The molecular formula is C22H26O8. The summed E-state index contributed by atoms with van der Waals surface area (Å²) in [5.41, 5.74) is 0.202. The van der Waals surface area contributed by atoms with Crippen molar-refractivity contribution >= 4 is 23.7 Å². The average Bonchev–Trinajstić information content (AvgIpc) is 3.08. The van der Waals surface area contributed by atoms with Crippen LogP contribution < -0.4 is 0 Å². The zero-order chi connectivity index (χ0) is 22.4. The van der Waals surface area contributed by atoms with Gasteiger partial charge in [0.2, 0.25) is 5.60 Å². The molecule has 162 valence electrons. The van der Waals surface area contributed by atoms with Gasteiger partial charge in [0, 0.05) is 30.4 Å². The molecule has 0 bridgehead atoms. The topological polar surface area (TPSA) is 116 Å². The number of aliphatic hydroxyl groups excluding tert-OH is 1. The van der Waals surface area contributed by atoms with E-state index in [9.17, 15) is 24.3 Å². The first-order valence-corrected chi connectivity index (χ1v) is 9.85. The van der Waals surface area contributed by atoms with Crippen LogP contribution in [0.3, 0.4) is 0 Å². The van der Waals surface area contributed by atoms with Crippen LogP contribution in [0.4, 0.5) is 0 Å². The van der Waals surface area contributed by atoms with Crippen LogP contribution in [0.15, 0.2) is 34.4 Å². The number of hydrogen-bond acceptors (Lipinski definition) is 8. The van der Waals surface area contributed by atoms with E-state index in [1.54, 1.807) is 26.8 Å². The number of allylic oxidation sites excluding steroid dienone is 2. The lowest BCUT2D eigenvalue weighted by atomic mass is 9.77. The standard InChI is InChI=1S/C22H26O8/c1-6-10(2)20(26)28-15-7-11(3)16-14(25)8-13(9-23)17(16)19-18(15)22(5,21(27)29-19)30-12(4)24/h6,8,15,17-19,23H,7,9H2,1-5H3/b10-6-/t15-,17+,18+,19-,22-/m1/s1. The number of fused-ring (bicyclic) bond motifs is 3. The van der Waals surface area contributed by atoms with Gasteiger partial charge in [-0.3, -0.25) is 9.59 Å². The third-order valence-corrected chi connectivity index (χ3v) is 6.18. The molecule has 0 aromatic carbocycles. The third-order valence-electron chi connectivity index (χ3n) is 6.18. The van der Waals surface area contributed by atoms with Gasteiger partial charge in [-0.2, -0.15) is 0 Å². The van der Waals surface area contributed by atoms with Gasteiger partial charge < -0.3 is 19.3 Å². The highest BCUT2D eigenvalue weighted by molar-refractivity contribution is 6.09. The van der Waals surface area contributed by atoms with Crippen molar-refractivity contribution in [2.75, 3.05) is 6.61 Å². The Bertz CT molecular complexity index is 908. The minimum absolute atomic E-state index is 0.168. The fraction of sp³-hybridized carbons (Fsp3) is 0.545. The molecule has 0 aromatic rings. The van der Waals surface area contributed by atoms with Crippen LogP contribution in [0.2, 0.25) is 0 Å². The summed E-state index contributed by atoms with van der Waals surface area (Å²) in [6, 6.07) is 0. The lowest BCUT2D eigenvalue weighted by Gasteiger charge is -2.34. The largest absolute Gasteiger partial charge is 0.458 e. The maximum Gasteiger partial charge on any atom is 0.351 e. The summed E-state index contributed by atoms with van der Waals surface area (Å²) in [7, 11) is 0. The van der Waals surface area contributed by atoms with Crippen LogP contribution >= 0.6 is 0 Å². The molecule has 0 saturated carbocycles. The minimum atomic E-state index is -1.70. The molecule has 1 fully saturated rings. The van der Waals surface area contributed by atoms with Crippen molar-refractivity contribution in [3.8, 4) is 0 Å². The number of carbonyl (C=O) groups is 4. The lowest BCUT2D eigenvalue weighted by Crippen LogP contribution is -2.50. The highest BCUT2D eigenvalue weighted by Gasteiger charge is 2.65. The Hall–Kier alpha value is -2.74. The van der Waals surface area contributed by atoms with Crippen molar-refractivity contribution in [3.63, 3.8) is 0 Å². The molecule has 0 amide bonds. The zero-order valence-electron chi connectivity index (χ0n) is 17.7. The van der Waals surface area contributed by atoms with E-state index in [1.807, 2.05) is 0 Å². The second-order valence-corrected chi connectivity index (χ2v) is 8.13. The van der Waals surface area contributed by atoms with Crippen molar-refractivity contribution in [3.05, 3.63) is 34.4 Å². The van der Waals surface area contributed by atoms with Gasteiger partial charge in [0.1, 0.15) is 12.2 Å². The molecule has 1 aliphatic heterocycles. The van der Waals surface area contributed by atoms with E-state index in [0.717, 1.165) is 0 Å². The van der Waals surface area contributed by atoms with Crippen LogP contribution in [-0.2, 0) is 33.4 Å². The van der Waals surface area contributed by atoms with E-state index in [-0.39, 0.29) is 18.8 Å². The first-order chi connectivity index (χ1) is 14.0. The summed E-state index contributed by atoms with van der Waals surface area (Å²) in [5.74, 6) is -3.83. The fourth-order valence-corrected chi connectivity index (χ4v) is 4.68. The molecule has 3 rings (SSSR count). The highest BCUT2D eigenvalue weighted by Crippen LogP contribution is 2.51. The normalized spacial score (nSPS) is 33.4. The number of aliphatic hydroxyl groups is 1. The summed E-state index contributed by atoms with van der Waals surface area (Å²) in [5, 5.41) is 9.82. The Labute approximate surface area is 174 Å². The second kappa shape index (κ2) is 7.83. The summed E-state index contributed by atoms with van der Waals surface area (Å²) in [6.45, 7) is 7.29. The molecule has 30 heavy (non-hydrogen) atoms. The van der Waals surface area contributed by atoms with Crippen LogP contribution in [0, 0.1) is 11.8 Å². The first kappa shape index (κ1) is 22.0. The van der Waals surface area contributed by atoms with Crippen molar-refractivity contribution in [1.82, 2.24) is 0 Å². The number of hydrogen-bond donors (Lipinski definition) is 1. The van der Waals surface area contributed by atoms with Gasteiger partial charge in [0.05, 0.1) is 12.5 Å². The molecule has 8 nitrogen and oxygen atoms in total. The van der Waals surface area contributed by atoms with Gasteiger partial charge in [0.25, 0.3) is 0 Å². The minimum Gasteiger partial charge on any atom is -0.458 e. The van der Waals surface area contributed by atoms with E-state index in [2.05, 4.69) is 0 Å². The lowest BCUT2D eigenvalue weighted by molar-refractivity contribution is -0.176. The maximum atomic E-state index is 12.8. The van der Waals surface area contributed by atoms with Crippen molar-refractivity contribution in [2.24, 2.45) is 11.8 Å². The molecule has 0 radical (unpaired) electrons. The van der Waals surface area contributed by atoms with Crippen LogP contribution in [0.5, 0.6) is 0 Å². The van der Waals surface area contributed by atoms with E-state index >= 15 is 0 Å². The van der Waals surface area contributed by atoms with E-state index in [1.165, 1.54) is 19.9 Å². The Morgan fingerprint density at radius 2 is 2.00 bits per heavy atom. The molecule has 1 heterocycles. The quantitative estimate of drug-likeness (QED) is 0.415. The molecule has 5 atom stereocenters. The molecule has 0 unspecified atom stereocenters. The van der Waals surface area contributed by atoms with Gasteiger partial charge in [0.15, 0.2) is 5.78 Å². The van der Waals surface area contributed by atoms with Gasteiger partial charge in [-0.15, -0.1) is 0 Å². The summed E-state index contributed by atoms with van der Waals surface area (Å²) in [6.07, 6.45) is 1.32. The van der Waals surface area contributed by atoms with E-state index in [0.29, 0.717) is 22.3 Å². The second-order valence-electron chi connectivity index (χ2n) is 8.13.